The molecule has 0 spiro atoms. The summed E-state index contributed by atoms with van der Waals surface area (Å²) >= 11 is 0. The van der Waals surface area contributed by atoms with Gasteiger partial charge in [-0.3, -0.25) is 4.68 Å². The van der Waals surface area contributed by atoms with Gasteiger partial charge in [0.15, 0.2) is 5.82 Å². The Morgan fingerprint density at radius 3 is 2.21 bits per heavy atom. The van der Waals surface area contributed by atoms with Crippen molar-refractivity contribution in [1.29, 1.82) is 0 Å². The van der Waals surface area contributed by atoms with Crippen molar-refractivity contribution in [3.8, 4) is 34.0 Å². The standard InChI is InChI=1S/C27H32N8O4/c1-15-22(16(2)35(5)33-15)18-14-30-27(34(3)4)32-24(18)31-19(26(36)37)11-17-12-28-25(29-13-17)23-20(38-6)9-8-10-21(23)39-7/h8-10,12-14,19H,11H2,1-7H3,(H,36,37)(H,30,31,32). The molecule has 0 radical (unpaired) electrons. The predicted molar refractivity (Wildman–Crippen MR) is 147 cm³/mol. The SMILES string of the molecule is COc1cccc(OC)c1-c1ncc(CC(Nc2nc(N(C)C)ncc2-c2c(C)nn(C)c2C)C(=O)O)cn1. The van der Waals surface area contributed by atoms with Gasteiger partial charge in [-0.1, -0.05) is 6.07 Å². The second-order valence-electron chi connectivity index (χ2n) is 9.19. The number of anilines is 2. The Kier molecular flexibility index (Phi) is 7.93. The van der Waals surface area contributed by atoms with Crippen LogP contribution in [0.4, 0.5) is 11.8 Å². The van der Waals surface area contributed by atoms with Crippen LogP contribution in [0.1, 0.15) is 17.0 Å². The molecular weight excluding hydrogens is 500 g/mol. The summed E-state index contributed by atoms with van der Waals surface area (Å²) in [6.07, 6.45) is 5.02. The molecule has 3 aromatic heterocycles. The topological polar surface area (TPSA) is 140 Å². The van der Waals surface area contributed by atoms with E-state index in [4.69, 9.17) is 9.47 Å². The van der Waals surface area contributed by atoms with Gasteiger partial charge in [-0.25, -0.2) is 19.7 Å². The van der Waals surface area contributed by atoms with E-state index in [9.17, 15) is 9.90 Å². The highest BCUT2D eigenvalue weighted by molar-refractivity contribution is 5.83. The van der Waals surface area contributed by atoms with E-state index in [1.807, 2.05) is 41.1 Å². The Balaban J connectivity index is 1.67. The Labute approximate surface area is 226 Å². The van der Waals surface area contributed by atoms with Gasteiger partial charge < -0.3 is 24.8 Å². The molecule has 0 aliphatic heterocycles. The number of methoxy groups -OCH3 is 2. The summed E-state index contributed by atoms with van der Waals surface area (Å²) in [4.78, 5) is 32.2. The number of benzene rings is 1. The maximum atomic E-state index is 12.4. The number of carboxylic acids is 1. The monoisotopic (exact) mass is 532 g/mol. The Morgan fingerprint density at radius 1 is 1.05 bits per heavy atom. The molecule has 4 aromatic rings. The number of rotatable bonds is 10. The van der Waals surface area contributed by atoms with Crippen LogP contribution in [0.2, 0.25) is 0 Å². The molecule has 3 heterocycles. The van der Waals surface area contributed by atoms with Crippen molar-refractivity contribution in [3.63, 3.8) is 0 Å². The third kappa shape index (κ3) is 5.59. The highest BCUT2D eigenvalue weighted by Crippen LogP contribution is 2.36. The average molecular weight is 533 g/mol. The first-order valence-corrected chi connectivity index (χ1v) is 12.2. The summed E-state index contributed by atoms with van der Waals surface area (Å²) < 4.78 is 12.7. The minimum atomic E-state index is -1.04. The number of aryl methyl sites for hydroxylation is 2. The molecule has 204 valence electrons. The molecule has 39 heavy (non-hydrogen) atoms. The van der Waals surface area contributed by atoms with Gasteiger partial charge >= 0.3 is 5.97 Å². The van der Waals surface area contributed by atoms with Gasteiger partial charge in [-0.05, 0) is 31.5 Å². The van der Waals surface area contributed by atoms with E-state index >= 15 is 0 Å². The first-order chi connectivity index (χ1) is 18.6. The number of nitrogens with one attached hydrogen (secondary N) is 1. The molecule has 1 atom stereocenters. The average Bonchev–Trinajstić information content (AvgIpc) is 3.18. The van der Waals surface area contributed by atoms with Crippen molar-refractivity contribution in [1.82, 2.24) is 29.7 Å². The van der Waals surface area contributed by atoms with Crippen molar-refractivity contribution < 1.29 is 19.4 Å². The molecule has 0 bridgehead atoms. The van der Waals surface area contributed by atoms with Crippen LogP contribution in [-0.2, 0) is 18.3 Å². The smallest absolute Gasteiger partial charge is 0.326 e. The van der Waals surface area contributed by atoms with Gasteiger partial charge in [-0.15, -0.1) is 0 Å². The normalized spacial score (nSPS) is 11.7. The van der Waals surface area contributed by atoms with Crippen molar-refractivity contribution >= 4 is 17.7 Å². The van der Waals surface area contributed by atoms with Crippen LogP contribution >= 0.6 is 0 Å². The molecular formula is C27H32N8O4. The van der Waals surface area contributed by atoms with Crippen LogP contribution in [0, 0.1) is 13.8 Å². The molecule has 0 fully saturated rings. The summed E-state index contributed by atoms with van der Waals surface area (Å²) in [6, 6.07) is 4.40. The highest BCUT2D eigenvalue weighted by atomic mass is 16.5. The van der Waals surface area contributed by atoms with E-state index in [0.717, 1.165) is 17.0 Å². The molecule has 2 N–H and O–H groups in total. The molecule has 1 aromatic carbocycles. The molecule has 0 amide bonds. The van der Waals surface area contributed by atoms with Crippen molar-refractivity contribution in [2.75, 3.05) is 38.5 Å². The van der Waals surface area contributed by atoms with E-state index in [1.54, 1.807) is 54.5 Å². The number of carboxylic acid groups (broad SMARTS) is 1. The number of ether oxygens (including phenoxy) is 2. The van der Waals surface area contributed by atoms with Crippen LogP contribution in [0.15, 0.2) is 36.8 Å². The number of hydrogen-bond donors (Lipinski definition) is 2. The first-order valence-electron chi connectivity index (χ1n) is 12.2. The van der Waals surface area contributed by atoms with Crippen molar-refractivity contribution in [2.45, 2.75) is 26.3 Å². The lowest BCUT2D eigenvalue weighted by atomic mass is 10.0. The minimum Gasteiger partial charge on any atom is -0.496 e. The largest absolute Gasteiger partial charge is 0.496 e. The molecule has 0 saturated carbocycles. The van der Waals surface area contributed by atoms with E-state index in [2.05, 4.69) is 30.4 Å². The van der Waals surface area contributed by atoms with E-state index in [-0.39, 0.29) is 6.42 Å². The van der Waals surface area contributed by atoms with Crippen LogP contribution in [0.25, 0.3) is 22.5 Å². The van der Waals surface area contributed by atoms with Crippen molar-refractivity contribution in [3.05, 3.63) is 53.7 Å². The lowest BCUT2D eigenvalue weighted by Gasteiger charge is -2.20. The number of aromatic nitrogens is 6. The lowest BCUT2D eigenvalue weighted by molar-refractivity contribution is -0.137. The van der Waals surface area contributed by atoms with Gasteiger partial charge in [0.2, 0.25) is 5.95 Å². The summed E-state index contributed by atoms with van der Waals surface area (Å²) in [6.45, 7) is 3.85. The lowest BCUT2D eigenvalue weighted by Crippen LogP contribution is -2.32. The van der Waals surface area contributed by atoms with Crippen LogP contribution in [-0.4, -0.2) is 75.1 Å². The van der Waals surface area contributed by atoms with Gasteiger partial charge in [0, 0.05) is 63.0 Å². The predicted octanol–water partition coefficient (Wildman–Crippen LogP) is 3.14. The summed E-state index contributed by atoms with van der Waals surface area (Å²) in [5, 5.41) is 17.7. The second-order valence-corrected chi connectivity index (χ2v) is 9.19. The Bertz CT molecular complexity index is 1460. The number of carbonyl (C=O) groups is 1. The van der Waals surface area contributed by atoms with E-state index in [0.29, 0.717) is 45.8 Å². The molecule has 1 unspecified atom stereocenters. The Hall–Kier alpha value is -4.74. The zero-order valence-corrected chi connectivity index (χ0v) is 23.1. The highest BCUT2D eigenvalue weighted by Gasteiger charge is 2.24. The molecule has 12 nitrogen and oxygen atoms in total. The fourth-order valence-electron chi connectivity index (χ4n) is 4.31. The quantitative estimate of drug-likeness (QED) is 0.311. The van der Waals surface area contributed by atoms with Crippen molar-refractivity contribution in [2.24, 2.45) is 7.05 Å². The summed E-state index contributed by atoms with van der Waals surface area (Å²) in [7, 11) is 8.63. The third-order valence-corrected chi connectivity index (χ3v) is 6.36. The van der Waals surface area contributed by atoms with Gasteiger partial charge in [0.05, 0.1) is 19.9 Å². The first kappa shape index (κ1) is 27.3. The maximum absolute atomic E-state index is 12.4. The second kappa shape index (κ2) is 11.3. The molecule has 0 aliphatic carbocycles. The molecule has 12 heteroatoms. The van der Waals surface area contributed by atoms with Gasteiger partial charge in [-0.2, -0.15) is 10.1 Å². The fourth-order valence-corrected chi connectivity index (χ4v) is 4.31. The molecule has 0 aliphatic rings. The van der Waals surface area contributed by atoms with E-state index < -0.39 is 12.0 Å². The number of nitrogens with zero attached hydrogens (tertiary/aromatic N) is 7. The fraction of sp³-hybridized carbons (Fsp3) is 0.333. The molecule has 0 saturated heterocycles. The van der Waals surface area contributed by atoms with Gasteiger partial charge in [0.1, 0.15) is 28.9 Å². The Morgan fingerprint density at radius 2 is 1.69 bits per heavy atom. The zero-order chi connectivity index (χ0) is 28.3. The van der Waals surface area contributed by atoms with Gasteiger partial charge in [0.25, 0.3) is 0 Å². The summed E-state index contributed by atoms with van der Waals surface area (Å²) in [5.41, 5.74) is 4.48. The summed E-state index contributed by atoms with van der Waals surface area (Å²) in [5.74, 6) is 1.35. The minimum absolute atomic E-state index is 0.115. The van der Waals surface area contributed by atoms with Crippen LogP contribution < -0.4 is 19.7 Å². The van der Waals surface area contributed by atoms with Crippen LogP contribution in [0.3, 0.4) is 0 Å². The number of aliphatic carboxylic acids is 1. The van der Waals surface area contributed by atoms with Crippen LogP contribution in [0.5, 0.6) is 11.5 Å². The maximum Gasteiger partial charge on any atom is 0.326 e. The molecule has 4 rings (SSSR count). The van der Waals surface area contributed by atoms with E-state index in [1.165, 1.54) is 0 Å². The number of hydrogen-bond acceptors (Lipinski definition) is 10. The third-order valence-electron chi connectivity index (χ3n) is 6.36. The zero-order valence-electron chi connectivity index (χ0n) is 23.1.